The van der Waals surface area contributed by atoms with Gasteiger partial charge in [0.05, 0.1) is 0 Å². The van der Waals surface area contributed by atoms with Crippen LogP contribution in [0.4, 0.5) is 0 Å². The van der Waals surface area contributed by atoms with Crippen molar-refractivity contribution >= 4 is 35.0 Å². The van der Waals surface area contributed by atoms with Crippen molar-refractivity contribution in [3.8, 4) is 0 Å². The van der Waals surface area contributed by atoms with E-state index in [0.29, 0.717) is 8.55 Å². The maximum atomic E-state index is 2.29. The zero-order valence-corrected chi connectivity index (χ0v) is 9.59. The van der Waals surface area contributed by atoms with Crippen LogP contribution in [-0.4, -0.2) is 4.86 Å². The summed E-state index contributed by atoms with van der Waals surface area (Å²) >= 11 is 0. The van der Waals surface area contributed by atoms with Crippen LogP contribution in [0.3, 0.4) is 0 Å². The van der Waals surface area contributed by atoms with Crippen LogP contribution in [0.1, 0.15) is 26.7 Å². The van der Waals surface area contributed by atoms with Crippen LogP contribution >= 0.6 is 30.1 Å². The molecule has 0 spiro atoms. The van der Waals surface area contributed by atoms with Crippen LogP contribution in [-0.2, 0) is 0 Å². The first-order valence-electron chi connectivity index (χ1n) is 4.15. The number of hydrogen-bond donors (Lipinski definition) is 0. The number of rotatable bonds is 0. The summed E-state index contributed by atoms with van der Waals surface area (Å²) in [5.41, 5.74) is 3.39. The van der Waals surface area contributed by atoms with Gasteiger partial charge in [-0.2, -0.15) is 0 Å². The first-order chi connectivity index (χ1) is 5.77. The first kappa shape index (κ1) is 7.77. The average molecular weight is 214 g/mol. The van der Waals surface area contributed by atoms with Gasteiger partial charge >= 0.3 is 0 Å². The van der Waals surface area contributed by atoms with E-state index in [4.69, 9.17) is 0 Å². The summed E-state index contributed by atoms with van der Waals surface area (Å²) in [6, 6.07) is 0. The molecule has 3 heteroatoms. The van der Waals surface area contributed by atoms with Gasteiger partial charge < -0.3 is 0 Å². The van der Waals surface area contributed by atoms with Gasteiger partial charge in [0, 0.05) is 4.86 Å². The van der Waals surface area contributed by atoms with Crippen molar-refractivity contribution in [3.05, 3.63) is 21.0 Å². The van der Waals surface area contributed by atoms with E-state index in [1.54, 1.807) is 25.8 Å². The lowest BCUT2D eigenvalue weighted by Gasteiger charge is -1.97. The molecule has 3 rings (SSSR count). The normalized spacial score (nSPS) is 28.0. The summed E-state index contributed by atoms with van der Waals surface area (Å²) in [7, 11) is 4.67. The van der Waals surface area contributed by atoms with E-state index in [1.807, 2.05) is 0 Å². The summed E-state index contributed by atoms with van der Waals surface area (Å²) in [5, 5.41) is 0. The van der Waals surface area contributed by atoms with Crippen LogP contribution in [0.5, 0.6) is 0 Å². The molecule has 1 aliphatic carbocycles. The lowest BCUT2D eigenvalue weighted by Crippen LogP contribution is -1.90. The highest BCUT2D eigenvalue weighted by Crippen LogP contribution is 2.66. The average Bonchev–Trinajstić information content (AvgIpc) is 2.59. The van der Waals surface area contributed by atoms with Crippen molar-refractivity contribution in [3.63, 3.8) is 0 Å². The van der Waals surface area contributed by atoms with Crippen molar-refractivity contribution < 1.29 is 0 Å². The van der Waals surface area contributed by atoms with E-state index in [9.17, 15) is 0 Å². The van der Waals surface area contributed by atoms with Gasteiger partial charge in [-0.3, -0.25) is 0 Å². The Labute approximate surface area is 82.6 Å². The van der Waals surface area contributed by atoms with Gasteiger partial charge in [0.15, 0.2) is 0 Å². The van der Waals surface area contributed by atoms with Crippen LogP contribution < -0.4 is 0 Å². The third-order valence-electron chi connectivity index (χ3n) is 2.59. The standard InChI is InChI=1S/C9H10S3/c1-5-7-3-4-8-6(2)11-12(10-5)9(7)8/h3-4H2,1-2H3. The minimum Gasteiger partial charge on any atom is -0.0570 e. The van der Waals surface area contributed by atoms with Gasteiger partial charge in [-0.1, -0.05) is 30.1 Å². The maximum absolute atomic E-state index is 2.29. The fraction of sp³-hybridized carbons (Fsp3) is 0.444. The highest BCUT2D eigenvalue weighted by Gasteiger charge is 2.35. The molecule has 0 aromatic heterocycles. The third-order valence-corrected chi connectivity index (χ3v) is 9.35. The zero-order valence-electron chi connectivity index (χ0n) is 7.14. The van der Waals surface area contributed by atoms with Crippen molar-refractivity contribution in [2.24, 2.45) is 0 Å². The molecule has 0 nitrogen and oxygen atoms in total. The van der Waals surface area contributed by atoms with E-state index >= 15 is 0 Å². The van der Waals surface area contributed by atoms with Gasteiger partial charge in [0.1, 0.15) is 0 Å². The molecule has 1 fully saturated rings. The van der Waals surface area contributed by atoms with Crippen LogP contribution in [0.15, 0.2) is 21.0 Å². The topological polar surface area (TPSA) is 0 Å². The van der Waals surface area contributed by atoms with Gasteiger partial charge in [-0.05, 0) is 47.6 Å². The Morgan fingerprint density at radius 3 is 2.00 bits per heavy atom. The molecular formula is C9H10S3. The monoisotopic (exact) mass is 214 g/mol. The van der Waals surface area contributed by atoms with Gasteiger partial charge in [0.2, 0.25) is 0 Å². The largest absolute Gasteiger partial charge is 0.0570 e. The highest BCUT2D eigenvalue weighted by molar-refractivity contribution is 9.17. The Morgan fingerprint density at radius 1 is 1.00 bits per heavy atom. The fourth-order valence-corrected chi connectivity index (χ4v) is 10.2. The summed E-state index contributed by atoms with van der Waals surface area (Å²) < 4.78 is 0. The zero-order chi connectivity index (χ0) is 8.29. The lowest BCUT2D eigenvalue weighted by atomic mass is 10.2. The Bertz CT molecular complexity index is 337. The molecule has 0 aromatic rings. The summed E-state index contributed by atoms with van der Waals surface area (Å²) in [6.07, 6.45) is 2.65. The predicted octanol–water partition coefficient (Wildman–Crippen LogP) is 4.09. The van der Waals surface area contributed by atoms with Gasteiger partial charge in [-0.15, -0.1) is 0 Å². The SMILES string of the molecule is CC1=C2CCC3=C(C)SS(=C23)S1. The lowest BCUT2D eigenvalue weighted by molar-refractivity contribution is 1.04. The Hall–Kier alpha value is 0.400. The fourth-order valence-electron chi connectivity index (χ4n) is 1.96. The molecule has 0 aromatic carbocycles. The molecule has 0 atom stereocenters. The van der Waals surface area contributed by atoms with Gasteiger partial charge in [0.25, 0.3) is 0 Å². The smallest absolute Gasteiger partial charge is 0.0266 e. The molecule has 12 heavy (non-hydrogen) atoms. The summed E-state index contributed by atoms with van der Waals surface area (Å²) in [4.78, 5) is 4.94. The molecule has 0 unspecified atom stereocenters. The summed E-state index contributed by atoms with van der Waals surface area (Å²) in [5.74, 6) is 0. The Morgan fingerprint density at radius 2 is 1.50 bits per heavy atom. The van der Waals surface area contributed by atoms with Crippen LogP contribution in [0.25, 0.3) is 0 Å². The van der Waals surface area contributed by atoms with E-state index < -0.39 is 0 Å². The second-order valence-electron chi connectivity index (χ2n) is 3.30. The van der Waals surface area contributed by atoms with E-state index in [2.05, 4.69) is 35.4 Å². The molecule has 0 bridgehead atoms. The molecule has 3 aliphatic rings. The Balaban J connectivity index is 2.23. The number of allylic oxidation sites excluding steroid dienone is 4. The summed E-state index contributed by atoms with van der Waals surface area (Å²) in [6.45, 7) is 4.58. The molecule has 0 N–H and O–H groups in total. The molecule has 2 heterocycles. The molecular weight excluding hydrogens is 204 g/mol. The molecule has 0 amide bonds. The first-order valence-corrected chi connectivity index (χ1v) is 8.04. The Kier molecular flexibility index (Phi) is 1.59. The molecule has 2 aliphatic heterocycles. The van der Waals surface area contributed by atoms with Crippen LogP contribution in [0.2, 0.25) is 0 Å². The molecule has 0 saturated heterocycles. The third kappa shape index (κ3) is 0.824. The maximum Gasteiger partial charge on any atom is 0.0266 e. The quantitative estimate of drug-likeness (QED) is 0.440. The highest BCUT2D eigenvalue weighted by atomic mass is 33.5. The van der Waals surface area contributed by atoms with E-state index in [1.165, 1.54) is 12.8 Å². The van der Waals surface area contributed by atoms with Crippen molar-refractivity contribution in [1.29, 1.82) is 0 Å². The van der Waals surface area contributed by atoms with E-state index in [-0.39, 0.29) is 0 Å². The molecule has 0 radical (unpaired) electrons. The van der Waals surface area contributed by atoms with E-state index in [0.717, 1.165) is 0 Å². The second-order valence-corrected chi connectivity index (χ2v) is 9.37. The minimum absolute atomic E-state index is 0.476. The van der Waals surface area contributed by atoms with Crippen molar-refractivity contribution in [2.75, 3.05) is 0 Å². The van der Waals surface area contributed by atoms with Gasteiger partial charge in [-0.25, -0.2) is 0 Å². The number of hydrogen-bond acceptors (Lipinski definition) is 2. The predicted molar refractivity (Wildman–Crippen MR) is 62.4 cm³/mol. The van der Waals surface area contributed by atoms with Crippen LogP contribution in [0, 0.1) is 0 Å². The minimum atomic E-state index is 0.476. The molecule has 1 saturated carbocycles. The second kappa shape index (κ2) is 2.46. The van der Waals surface area contributed by atoms with Crippen molar-refractivity contribution in [1.82, 2.24) is 0 Å². The molecule has 64 valence electrons. The van der Waals surface area contributed by atoms with Crippen molar-refractivity contribution in [2.45, 2.75) is 26.7 Å².